The Balaban J connectivity index is 2.40. The lowest BCUT2D eigenvalue weighted by atomic mass is 10.3. The average Bonchev–Trinajstić information content (AvgIpc) is 2.44. The topological polar surface area (TPSA) is 60.5 Å². The van der Waals surface area contributed by atoms with Crippen LogP contribution in [0.4, 0.5) is 0 Å². The zero-order valence-electron chi connectivity index (χ0n) is 12.7. The molecule has 0 fully saturated rings. The van der Waals surface area contributed by atoms with Gasteiger partial charge in [0.15, 0.2) is 5.78 Å². The molecule has 0 saturated carbocycles. The van der Waals surface area contributed by atoms with Gasteiger partial charge in [0.05, 0.1) is 6.20 Å². The number of carbonyl (C=O) groups excluding carboxylic acids is 1. The lowest BCUT2D eigenvalue weighted by Gasteiger charge is -2.16. The molecule has 1 N–H and O–H groups in total. The van der Waals surface area contributed by atoms with Crippen LogP contribution in [0.2, 0.25) is 0 Å². The molecule has 0 aliphatic heterocycles. The Kier molecular flexibility index (Phi) is 7.01. The Morgan fingerprint density at radius 2 is 2.10 bits per heavy atom. The fraction of sp³-hybridized carbons (Fsp3) is 0.600. The van der Waals surface area contributed by atoms with Gasteiger partial charge in [0.2, 0.25) is 5.88 Å². The molecule has 0 amide bonds. The number of nitrogens with zero attached hydrogens (tertiary/aromatic N) is 1. The van der Waals surface area contributed by atoms with Gasteiger partial charge in [-0.3, -0.25) is 4.79 Å². The van der Waals surface area contributed by atoms with Gasteiger partial charge in [0, 0.05) is 25.1 Å². The van der Waals surface area contributed by atoms with E-state index in [-0.39, 0.29) is 18.5 Å². The van der Waals surface area contributed by atoms with Crippen molar-refractivity contribution < 1.29 is 14.3 Å². The molecule has 20 heavy (non-hydrogen) atoms. The van der Waals surface area contributed by atoms with E-state index < -0.39 is 0 Å². The number of Topliss-reactive ketones (excluding diaryl/α,β-unsaturated/α-hetero) is 1. The number of carbonyl (C=O) groups is 1. The van der Waals surface area contributed by atoms with E-state index in [9.17, 15) is 4.79 Å². The van der Waals surface area contributed by atoms with Crippen LogP contribution < -0.4 is 14.8 Å². The summed E-state index contributed by atoms with van der Waals surface area (Å²) in [6.07, 6.45) is 2.09. The summed E-state index contributed by atoms with van der Waals surface area (Å²) in [5.74, 6) is 1.20. The minimum Gasteiger partial charge on any atom is -0.484 e. The summed E-state index contributed by atoms with van der Waals surface area (Å²) in [6, 6.07) is 3.94. The van der Waals surface area contributed by atoms with Crippen LogP contribution in [-0.2, 0) is 4.79 Å². The van der Waals surface area contributed by atoms with Gasteiger partial charge < -0.3 is 14.8 Å². The van der Waals surface area contributed by atoms with Crippen molar-refractivity contribution in [2.75, 3.05) is 13.2 Å². The standard InChI is InChI=1S/C15H24N2O3/c1-5-13(18)10-19-14-6-7-15(17-9-14)20-12(4)8-16-11(2)3/h6-7,9,11-12,16H,5,8,10H2,1-4H3/t12-/m1/s1. The number of nitrogens with one attached hydrogen (secondary N) is 1. The summed E-state index contributed by atoms with van der Waals surface area (Å²) in [5.41, 5.74) is 0. The van der Waals surface area contributed by atoms with Crippen molar-refractivity contribution in [1.29, 1.82) is 0 Å². The quantitative estimate of drug-likeness (QED) is 0.751. The predicted molar refractivity (Wildman–Crippen MR) is 78.3 cm³/mol. The molecule has 112 valence electrons. The fourth-order valence-electron chi connectivity index (χ4n) is 1.44. The van der Waals surface area contributed by atoms with Crippen LogP contribution in [-0.4, -0.2) is 36.1 Å². The molecular formula is C15H24N2O3. The maximum Gasteiger partial charge on any atom is 0.213 e. The highest BCUT2D eigenvalue weighted by Gasteiger charge is 2.06. The summed E-state index contributed by atoms with van der Waals surface area (Å²) in [5, 5.41) is 3.30. The third-order valence-corrected chi connectivity index (χ3v) is 2.64. The summed E-state index contributed by atoms with van der Waals surface area (Å²) in [4.78, 5) is 15.3. The first-order valence-corrected chi connectivity index (χ1v) is 7.01. The molecule has 5 heteroatoms. The Morgan fingerprint density at radius 3 is 2.65 bits per heavy atom. The Morgan fingerprint density at radius 1 is 1.35 bits per heavy atom. The molecule has 1 aromatic heterocycles. The number of ether oxygens (including phenoxy) is 2. The van der Waals surface area contributed by atoms with Gasteiger partial charge in [-0.1, -0.05) is 20.8 Å². The molecular weight excluding hydrogens is 256 g/mol. The molecule has 0 aliphatic carbocycles. The molecule has 0 unspecified atom stereocenters. The number of ketones is 1. The van der Waals surface area contributed by atoms with Crippen LogP contribution in [0.5, 0.6) is 11.6 Å². The molecule has 5 nitrogen and oxygen atoms in total. The molecule has 1 atom stereocenters. The van der Waals surface area contributed by atoms with Crippen molar-refractivity contribution in [3.05, 3.63) is 18.3 Å². The zero-order chi connectivity index (χ0) is 15.0. The van der Waals surface area contributed by atoms with Crippen LogP contribution in [0, 0.1) is 0 Å². The van der Waals surface area contributed by atoms with Crippen LogP contribution in [0.25, 0.3) is 0 Å². The van der Waals surface area contributed by atoms with Crippen molar-refractivity contribution in [1.82, 2.24) is 10.3 Å². The second-order valence-electron chi connectivity index (χ2n) is 5.00. The third kappa shape index (κ3) is 6.52. The fourth-order valence-corrected chi connectivity index (χ4v) is 1.44. The molecule has 0 bridgehead atoms. The lowest BCUT2D eigenvalue weighted by Crippen LogP contribution is -2.33. The van der Waals surface area contributed by atoms with E-state index in [1.807, 2.05) is 13.8 Å². The average molecular weight is 280 g/mol. The first kappa shape index (κ1) is 16.4. The Bertz CT molecular complexity index is 404. The van der Waals surface area contributed by atoms with E-state index in [2.05, 4.69) is 24.1 Å². The lowest BCUT2D eigenvalue weighted by molar-refractivity contribution is -0.120. The van der Waals surface area contributed by atoms with E-state index in [1.54, 1.807) is 18.3 Å². The van der Waals surface area contributed by atoms with E-state index in [1.165, 1.54) is 0 Å². The van der Waals surface area contributed by atoms with Crippen molar-refractivity contribution >= 4 is 5.78 Å². The van der Waals surface area contributed by atoms with Crippen molar-refractivity contribution in [2.24, 2.45) is 0 Å². The van der Waals surface area contributed by atoms with Gasteiger partial charge in [-0.25, -0.2) is 4.98 Å². The first-order chi connectivity index (χ1) is 9.51. The SMILES string of the molecule is CCC(=O)COc1ccc(O[C@H](C)CNC(C)C)nc1. The number of hydrogen-bond acceptors (Lipinski definition) is 5. The van der Waals surface area contributed by atoms with Crippen LogP contribution in [0.1, 0.15) is 34.1 Å². The van der Waals surface area contributed by atoms with Crippen LogP contribution in [0.15, 0.2) is 18.3 Å². The number of pyridine rings is 1. The predicted octanol–water partition coefficient (Wildman–Crippen LogP) is 2.20. The number of hydrogen-bond donors (Lipinski definition) is 1. The molecule has 1 heterocycles. The van der Waals surface area contributed by atoms with E-state index in [4.69, 9.17) is 9.47 Å². The maximum absolute atomic E-state index is 11.1. The third-order valence-electron chi connectivity index (χ3n) is 2.64. The smallest absolute Gasteiger partial charge is 0.213 e. The minimum atomic E-state index is 0.0401. The Labute approximate surface area is 120 Å². The zero-order valence-corrected chi connectivity index (χ0v) is 12.7. The summed E-state index contributed by atoms with van der Waals surface area (Å²) in [7, 11) is 0. The monoisotopic (exact) mass is 280 g/mol. The van der Waals surface area contributed by atoms with Gasteiger partial charge in [0.25, 0.3) is 0 Å². The van der Waals surface area contributed by atoms with Crippen LogP contribution in [0.3, 0.4) is 0 Å². The summed E-state index contributed by atoms with van der Waals surface area (Å²) >= 11 is 0. The van der Waals surface area contributed by atoms with Gasteiger partial charge in [-0.05, 0) is 13.0 Å². The largest absolute Gasteiger partial charge is 0.484 e. The highest BCUT2D eigenvalue weighted by atomic mass is 16.5. The van der Waals surface area contributed by atoms with E-state index in [0.29, 0.717) is 24.1 Å². The normalized spacial score (nSPS) is 12.2. The number of aromatic nitrogens is 1. The summed E-state index contributed by atoms with van der Waals surface area (Å²) < 4.78 is 11.0. The second-order valence-corrected chi connectivity index (χ2v) is 5.00. The highest BCUT2D eigenvalue weighted by molar-refractivity contribution is 5.79. The van der Waals surface area contributed by atoms with Gasteiger partial charge in [-0.15, -0.1) is 0 Å². The summed E-state index contributed by atoms with van der Waals surface area (Å²) in [6.45, 7) is 8.84. The van der Waals surface area contributed by atoms with Crippen LogP contribution >= 0.6 is 0 Å². The molecule has 0 saturated heterocycles. The molecule has 0 radical (unpaired) electrons. The van der Waals surface area contributed by atoms with Crippen molar-refractivity contribution in [3.8, 4) is 11.6 Å². The minimum absolute atomic E-state index is 0.0401. The van der Waals surface area contributed by atoms with Gasteiger partial charge in [0.1, 0.15) is 18.5 Å². The van der Waals surface area contributed by atoms with Gasteiger partial charge in [-0.2, -0.15) is 0 Å². The van der Waals surface area contributed by atoms with Gasteiger partial charge >= 0.3 is 0 Å². The van der Waals surface area contributed by atoms with E-state index in [0.717, 1.165) is 6.54 Å². The maximum atomic E-state index is 11.1. The van der Waals surface area contributed by atoms with Crippen molar-refractivity contribution in [3.63, 3.8) is 0 Å². The highest BCUT2D eigenvalue weighted by Crippen LogP contribution is 2.14. The molecule has 0 aliphatic rings. The molecule has 1 rings (SSSR count). The second kappa shape index (κ2) is 8.53. The van der Waals surface area contributed by atoms with Crippen molar-refractivity contribution in [2.45, 2.75) is 46.3 Å². The first-order valence-electron chi connectivity index (χ1n) is 7.01. The Hall–Kier alpha value is -1.62. The van der Waals surface area contributed by atoms with E-state index >= 15 is 0 Å². The number of rotatable bonds is 9. The molecule has 0 spiro atoms. The molecule has 0 aromatic carbocycles. The molecule has 1 aromatic rings.